The van der Waals surface area contributed by atoms with Crippen LogP contribution in [-0.2, 0) is 17.8 Å². The van der Waals surface area contributed by atoms with Crippen LogP contribution in [0.1, 0.15) is 12.8 Å². The van der Waals surface area contributed by atoms with E-state index >= 15 is 0 Å². The molecule has 0 aliphatic rings. The van der Waals surface area contributed by atoms with Gasteiger partial charge in [0.25, 0.3) is 0 Å². The maximum absolute atomic E-state index is 12.4. The Bertz CT molecular complexity index is 1100. The summed E-state index contributed by atoms with van der Waals surface area (Å²) in [7, 11) is 0. The molecule has 0 saturated heterocycles. The van der Waals surface area contributed by atoms with Crippen LogP contribution in [0.15, 0.2) is 53.2 Å². The van der Waals surface area contributed by atoms with E-state index in [1.54, 1.807) is 12.1 Å². The Morgan fingerprint density at radius 1 is 1.22 bits per heavy atom. The van der Waals surface area contributed by atoms with E-state index in [0.717, 1.165) is 16.5 Å². The highest BCUT2D eigenvalue weighted by molar-refractivity contribution is 6.30. The third-order valence-electron chi connectivity index (χ3n) is 4.10. The summed E-state index contributed by atoms with van der Waals surface area (Å²) in [6.45, 7) is 2.11. The highest BCUT2D eigenvalue weighted by Crippen LogP contribution is 2.24. The standard InChI is InChI=1S/C19H16ClN5O2/c1-2-18-23-24-19(27-18)13-4-3-12-7-8-25(15(12)9-13)11-17(26)22-16-6-5-14(20)10-21-16/h3-10H,2,11H2,1H3,(H,21,22,26). The second-order valence-corrected chi connectivity index (χ2v) is 6.42. The van der Waals surface area contributed by atoms with E-state index in [1.165, 1.54) is 6.20 Å². The number of carbonyl (C=O) groups is 1. The van der Waals surface area contributed by atoms with Crippen molar-refractivity contribution in [3.8, 4) is 11.5 Å². The lowest BCUT2D eigenvalue weighted by molar-refractivity contribution is -0.116. The SMILES string of the molecule is CCc1nnc(-c2ccc3ccn(CC(=O)Nc4ccc(Cl)cn4)c3c2)o1. The Morgan fingerprint density at radius 3 is 2.85 bits per heavy atom. The van der Waals surface area contributed by atoms with Crippen LogP contribution < -0.4 is 5.32 Å². The van der Waals surface area contributed by atoms with Crippen LogP contribution in [0.2, 0.25) is 5.02 Å². The first-order valence-corrected chi connectivity index (χ1v) is 8.83. The summed E-state index contributed by atoms with van der Waals surface area (Å²) in [4.78, 5) is 16.4. The van der Waals surface area contributed by atoms with Crippen LogP contribution in [-0.4, -0.2) is 25.7 Å². The van der Waals surface area contributed by atoms with Gasteiger partial charge in [0.05, 0.1) is 5.02 Å². The summed E-state index contributed by atoms with van der Waals surface area (Å²) in [5.74, 6) is 1.34. The molecule has 3 aromatic heterocycles. The van der Waals surface area contributed by atoms with E-state index < -0.39 is 0 Å². The lowest BCUT2D eigenvalue weighted by atomic mass is 10.1. The molecule has 0 aliphatic carbocycles. The van der Waals surface area contributed by atoms with Crippen LogP contribution in [0, 0.1) is 0 Å². The van der Waals surface area contributed by atoms with Crippen molar-refractivity contribution in [2.24, 2.45) is 0 Å². The second-order valence-electron chi connectivity index (χ2n) is 5.98. The number of nitrogens with one attached hydrogen (secondary N) is 1. The molecule has 0 saturated carbocycles. The number of amides is 1. The average Bonchev–Trinajstić information content (AvgIpc) is 3.30. The van der Waals surface area contributed by atoms with Crippen molar-refractivity contribution in [3.05, 3.63) is 59.7 Å². The molecule has 136 valence electrons. The van der Waals surface area contributed by atoms with Gasteiger partial charge in [-0.3, -0.25) is 4.79 Å². The van der Waals surface area contributed by atoms with Gasteiger partial charge in [-0.2, -0.15) is 0 Å². The number of aromatic nitrogens is 4. The first-order valence-electron chi connectivity index (χ1n) is 8.45. The van der Waals surface area contributed by atoms with Gasteiger partial charge < -0.3 is 14.3 Å². The molecule has 3 heterocycles. The van der Waals surface area contributed by atoms with Gasteiger partial charge in [0.15, 0.2) is 0 Å². The minimum absolute atomic E-state index is 0.154. The molecule has 0 fully saturated rings. The van der Waals surface area contributed by atoms with Crippen molar-refractivity contribution in [1.29, 1.82) is 0 Å². The van der Waals surface area contributed by atoms with E-state index in [-0.39, 0.29) is 12.5 Å². The maximum atomic E-state index is 12.4. The number of nitrogens with zero attached hydrogens (tertiary/aromatic N) is 4. The van der Waals surface area contributed by atoms with Crippen LogP contribution in [0.5, 0.6) is 0 Å². The molecule has 4 rings (SSSR count). The summed E-state index contributed by atoms with van der Waals surface area (Å²) < 4.78 is 7.49. The molecule has 1 N–H and O–H groups in total. The lowest BCUT2D eigenvalue weighted by Gasteiger charge is -2.07. The number of carbonyl (C=O) groups excluding carboxylic acids is 1. The highest BCUT2D eigenvalue weighted by Gasteiger charge is 2.12. The smallest absolute Gasteiger partial charge is 0.247 e. The molecule has 7 nitrogen and oxygen atoms in total. The number of halogens is 1. The third kappa shape index (κ3) is 3.68. The Labute approximate surface area is 160 Å². The summed E-state index contributed by atoms with van der Waals surface area (Å²) in [5.41, 5.74) is 1.72. The van der Waals surface area contributed by atoms with Gasteiger partial charge in [0, 0.05) is 29.9 Å². The van der Waals surface area contributed by atoms with Gasteiger partial charge in [-0.1, -0.05) is 24.6 Å². The van der Waals surface area contributed by atoms with Crippen molar-refractivity contribution in [1.82, 2.24) is 19.7 Å². The number of pyridine rings is 1. The van der Waals surface area contributed by atoms with E-state index in [4.69, 9.17) is 16.0 Å². The fourth-order valence-electron chi connectivity index (χ4n) is 2.75. The Morgan fingerprint density at radius 2 is 2.11 bits per heavy atom. The van der Waals surface area contributed by atoms with Gasteiger partial charge in [-0.25, -0.2) is 4.98 Å². The van der Waals surface area contributed by atoms with Gasteiger partial charge in [0.1, 0.15) is 12.4 Å². The first-order chi connectivity index (χ1) is 13.1. The summed E-state index contributed by atoms with van der Waals surface area (Å²) in [5, 5.41) is 12.4. The molecular formula is C19H16ClN5O2. The Kier molecular flexibility index (Phi) is 4.60. The van der Waals surface area contributed by atoms with Crippen molar-refractivity contribution < 1.29 is 9.21 Å². The normalized spacial score (nSPS) is 11.0. The summed E-state index contributed by atoms with van der Waals surface area (Å²) in [6.07, 6.45) is 4.04. The number of aryl methyl sites for hydroxylation is 1. The summed E-state index contributed by atoms with van der Waals surface area (Å²) in [6, 6.07) is 11.1. The zero-order valence-corrected chi connectivity index (χ0v) is 15.3. The van der Waals surface area contributed by atoms with Crippen LogP contribution in [0.25, 0.3) is 22.4 Å². The quantitative estimate of drug-likeness (QED) is 0.565. The molecule has 0 unspecified atom stereocenters. The topological polar surface area (TPSA) is 85.8 Å². The Hall–Kier alpha value is -3.19. The fraction of sp³-hybridized carbons (Fsp3) is 0.158. The predicted octanol–water partition coefficient (Wildman–Crippen LogP) is 3.94. The van der Waals surface area contributed by atoms with Crippen molar-refractivity contribution in [3.63, 3.8) is 0 Å². The Balaban J connectivity index is 1.57. The first kappa shape index (κ1) is 17.2. The predicted molar refractivity (Wildman–Crippen MR) is 102 cm³/mol. The largest absolute Gasteiger partial charge is 0.421 e. The molecule has 8 heteroatoms. The van der Waals surface area contributed by atoms with Crippen LogP contribution >= 0.6 is 11.6 Å². The zero-order valence-electron chi connectivity index (χ0n) is 14.5. The van der Waals surface area contributed by atoms with Gasteiger partial charge in [-0.15, -0.1) is 10.2 Å². The van der Waals surface area contributed by atoms with E-state index in [9.17, 15) is 4.79 Å². The van der Waals surface area contributed by atoms with Gasteiger partial charge in [0.2, 0.25) is 17.7 Å². The van der Waals surface area contributed by atoms with Gasteiger partial charge >= 0.3 is 0 Å². The minimum Gasteiger partial charge on any atom is -0.421 e. The van der Waals surface area contributed by atoms with Crippen molar-refractivity contribution >= 4 is 34.2 Å². The second kappa shape index (κ2) is 7.20. The molecule has 1 aromatic carbocycles. The number of rotatable bonds is 5. The molecule has 1 amide bonds. The van der Waals surface area contributed by atoms with Crippen molar-refractivity contribution in [2.45, 2.75) is 19.9 Å². The summed E-state index contributed by atoms with van der Waals surface area (Å²) >= 11 is 5.81. The molecule has 0 spiro atoms. The molecule has 0 atom stereocenters. The maximum Gasteiger partial charge on any atom is 0.247 e. The fourth-order valence-corrected chi connectivity index (χ4v) is 2.87. The molecule has 0 radical (unpaired) electrons. The zero-order chi connectivity index (χ0) is 18.8. The van der Waals surface area contributed by atoms with Gasteiger partial charge in [-0.05, 0) is 35.7 Å². The lowest BCUT2D eigenvalue weighted by Crippen LogP contribution is -2.18. The van der Waals surface area contributed by atoms with Crippen molar-refractivity contribution in [2.75, 3.05) is 5.32 Å². The van der Waals surface area contributed by atoms with Crippen LogP contribution in [0.4, 0.5) is 5.82 Å². The highest BCUT2D eigenvalue weighted by atomic mass is 35.5. The number of anilines is 1. The van der Waals surface area contributed by atoms with E-state index in [0.29, 0.717) is 29.0 Å². The molecule has 0 aliphatic heterocycles. The molecular weight excluding hydrogens is 366 g/mol. The number of benzene rings is 1. The minimum atomic E-state index is -0.182. The monoisotopic (exact) mass is 381 g/mol. The molecule has 27 heavy (non-hydrogen) atoms. The average molecular weight is 382 g/mol. The van der Waals surface area contributed by atoms with Crippen LogP contribution in [0.3, 0.4) is 0 Å². The third-order valence-corrected chi connectivity index (χ3v) is 4.32. The number of hydrogen-bond acceptors (Lipinski definition) is 5. The number of fused-ring (bicyclic) bond motifs is 1. The van der Waals surface area contributed by atoms with E-state index in [1.807, 2.05) is 42.0 Å². The molecule has 0 bridgehead atoms. The molecule has 4 aromatic rings. The number of hydrogen-bond donors (Lipinski definition) is 1. The van der Waals surface area contributed by atoms with E-state index in [2.05, 4.69) is 20.5 Å².